The first-order valence-corrected chi connectivity index (χ1v) is 9.79. The Labute approximate surface area is 168 Å². The van der Waals surface area contributed by atoms with Crippen LogP contribution in [0.4, 0.5) is 5.82 Å². The number of hydrogen-bond acceptors (Lipinski definition) is 7. The van der Waals surface area contributed by atoms with Crippen LogP contribution in [0.3, 0.4) is 0 Å². The molecule has 0 saturated carbocycles. The summed E-state index contributed by atoms with van der Waals surface area (Å²) >= 11 is -2.48. The van der Waals surface area contributed by atoms with Gasteiger partial charge in [0.25, 0.3) is 5.16 Å². The van der Waals surface area contributed by atoms with Crippen LogP contribution in [-0.4, -0.2) is 33.8 Å². The Hall–Kier alpha value is -3.05. The zero-order chi connectivity index (χ0) is 21.3. The molecular weight excluding hydrogens is 398 g/mol. The molecule has 0 radical (unpaired) electrons. The van der Waals surface area contributed by atoms with Gasteiger partial charge in [0.15, 0.2) is 18.2 Å². The minimum atomic E-state index is -2.48. The van der Waals surface area contributed by atoms with E-state index < -0.39 is 33.3 Å². The van der Waals surface area contributed by atoms with E-state index in [-0.39, 0.29) is 30.3 Å². The van der Waals surface area contributed by atoms with Gasteiger partial charge in [-0.1, -0.05) is 30.3 Å². The molecule has 0 saturated heterocycles. The van der Waals surface area contributed by atoms with Crippen LogP contribution in [0.1, 0.15) is 26.3 Å². The van der Waals surface area contributed by atoms with Crippen molar-refractivity contribution in [1.29, 1.82) is 0 Å². The molecule has 2 heterocycles. The molecular formula is C18H21N5O5S. The first-order chi connectivity index (χ1) is 13.6. The second-order valence-corrected chi connectivity index (χ2v) is 8.27. The Kier molecular flexibility index (Phi) is 5.53. The van der Waals surface area contributed by atoms with Gasteiger partial charge in [0.2, 0.25) is 11.1 Å². The SMILES string of the molecule is CC(C)(C)C(=O)OCn1c(=O)n(Cc2ccccc2)c2nc(S(=O)O)nc(N)c21. The van der Waals surface area contributed by atoms with Crippen molar-refractivity contribution in [3.8, 4) is 0 Å². The van der Waals surface area contributed by atoms with Gasteiger partial charge in [-0.3, -0.25) is 18.5 Å². The van der Waals surface area contributed by atoms with E-state index in [1.165, 1.54) is 4.57 Å². The Bertz CT molecular complexity index is 1150. The van der Waals surface area contributed by atoms with Crippen molar-refractivity contribution in [2.75, 3.05) is 5.73 Å². The lowest BCUT2D eigenvalue weighted by atomic mass is 9.98. The van der Waals surface area contributed by atoms with Crippen LogP contribution in [0.25, 0.3) is 11.2 Å². The predicted octanol–water partition coefficient (Wildman–Crippen LogP) is 1.35. The highest BCUT2D eigenvalue weighted by molar-refractivity contribution is 7.79. The summed E-state index contributed by atoms with van der Waals surface area (Å²) in [5, 5.41) is -0.416. The molecule has 3 rings (SSSR count). The number of nitrogens with zero attached hydrogens (tertiary/aromatic N) is 4. The maximum atomic E-state index is 13.1. The van der Waals surface area contributed by atoms with Crippen LogP contribution in [0.5, 0.6) is 0 Å². The number of hydrogen-bond donors (Lipinski definition) is 2. The van der Waals surface area contributed by atoms with Gasteiger partial charge >= 0.3 is 11.7 Å². The van der Waals surface area contributed by atoms with Gasteiger partial charge in [-0.15, -0.1) is 0 Å². The fraction of sp³-hybridized carbons (Fsp3) is 0.333. The maximum absolute atomic E-state index is 13.1. The molecule has 1 unspecified atom stereocenters. The monoisotopic (exact) mass is 419 g/mol. The molecule has 0 spiro atoms. The highest BCUT2D eigenvalue weighted by Crippen LogP contribution is 2.21. The van der Waals surface area contributed by atoms with Crippen LogP contribution in [0.2, 0.25) is 0 Å². The third-order valence-electron chi connectivity index (χ3n) is 4.14. The molecule has 3 aromatic rings. The van der Waals surface area contributed by atoms with E-state index in [1.54, 1.807) is 20.8 Å². The van der Waals surface area contributed by atoms with Crippen molar-refractivity contribution in [2.24, 2.45) is 5.41 Å². The fourth-order valence-electron chi connectivity index (χ4n) is 2.66. The molecule has 0 aliphatic carbocycles. The Morgan fingerprint density at radius 2 is 1.86 bits per heavy atom. The van der Waals surface area contributed by atoms with Gasteiger partial charge in [0.05, 0.1) is 12.0 Å². The third-order valence-corrected chi connectivity index (χ3v) is 4.63. The molecule has 1 atom stereocenters. The third kappa shape index (κ3) is 4.20. The highest BCUT2D eigenvalue weighted by Gasteiger charge is 2.25. The lowest BCUT2D eigenvalue weighted by Crippen LogP contribution is -2.29. The normalized spacial score (nSPS) is 12.8. The number of esters is 1. The second kappa shape index (κ2) is 7.76. The molecule has 0 fully saturated rings. The first kappa shape index (κ1) is 20.7. The summed E-state index contributed by atoms with van der Waals surface area (Å²) in [7, 11) is 0. The number of imidazole rings is 1. The van der Waals surface area contributed by atoms with Crippen molar-refractivity contribution in [3.63, 3.8) is 0 Å². The number of fused-ring (bicyclic) bond motifs is 1. The summed E-state index contributed by atoms with van der Waals surface area (Å²) in [6.45, 7) is 4.83. The molecule has 0 amide bonds. The van der Waals surface area contributed by atoms with Gasteiger partial charge in [-0.05, 0) is 26.3 Å². The van der Waals surface area contributed by atoms with Crippen LogP contribution < -0.4 is 11.4 Å². The Morgan fingerprint density at radius 3 is 2.45 bits per heavy atom. The number of carbonyl (C=O) groups excluding carboxylic acids is 1. The predicted molar refractivity (Wildman–Crippen MR) is 106 cm³/mol. The molecule has 0 aliphatic rings. The second-order valence-electron chi connectivity index (χ2n) is 7.41. The zero-order valence-electron chi connectivity index (χ0n) is 16.2. The molecule has 0 aliphatic heterocycles. The lowest BCUT2D eigenvalue weighted by molar-refractivity contribution is -0.156. The quantitative estimate of drug-likeness (QED) is 0.358. The standard InChI is InChI=1S/C18H21N5O5S/c1-18(2,3)15(24)28-10-23-12-13(19)20-16(29(26)27)21-14(12)22(17(23)25)9-11-7-5-4-6-8-11/h4-8H,9-10H2,1-3H3,(H,26,27)(H2,19,20,21). The van der Waals surface area contributed by atoms with Crippen molar-refractivity contribution >= 4 is 34.0 Å². The molecule has 154 valence electrons. The van der Waals surface area contributed by atoms with Gasteiger partial charge in [-0.25, -0.2) is 9.00 Å². The average Bonchev–Trinajstić information content (AvgIpc) is 2.92. The Balaban J connectivity index is 2.15. The number of ether oxygens (including phenoxy) is 1. The number of rotatable bonds is 5. The number of nitrogen functional groups attached to an aromatic ring is 1. The van der Waals surface area contributed by atoms with E-state index >= 15 is 0 Å². The van der Waals surface area contributed by atoms with Crippen molar-refractivity contribution in [2.45, 2.75) is 39.2 Å². The summed E-state index contributed by atoms with van der Waals surface area (Å²) < 4.78 is 28.5. The maximum Gasteiger partial charge on any atom is 0.333 e. The van der Waals surface area contributed by atoms with Crippen molar-refractivity contribution in [1.82, 2.24) is 19.1 Å². The molecule has 10 nitrogen and oxygen atoms in total. The van der Waals surface area contributed by atoms with Crippen LogP contribution in [-0.2, 0) is 33.9 Å². The highest BCUT2D eigenvalue weighted by atomic mass is 32.2. The van der Waals surface area contributed by atoms with Crippen molar-refractivity contribution in [3.05, 3.63) is 46.4 Å². The number of benzene rings is 1. The zero-order valence-corrected chi connectivity index (χ0v) is 17.0. The fourth-order valence-corrected chi connectivity index (χ4v) is 3.01. The van der Waals surface area contributed by atoms with Gasteiger partial charge < -0.3 is 10.5 Å². The van der Waals surface area contributed by atoms with Gasteiger partial charge in [0.1, 0.15) is 5.52 Å². The number of nitrogens with two attached hydrogens (primary N) is 1. The first-order valence-electron chi connectivity index (χ1n) is 8.68. The summed E-state index contributed by atoms with van der Waals surface area (Å²) in [4.78, 5) is 33.0. The molecule has 2 aromatic heterocycles. The number of carbonyl (C=O) groups is 1. The largest absolute Gasteiger partial charge is 0.443 e. The topological polar surface area (TPSA) is 142 Å². The minimum absolute atomic E-state index is 0.0792. The van der Waals surface area contributed by atoms with E-state index in [4.69, 9.17) is 10.5 Å². The van der Waals surface area contributed by atoms with Gasteiger partial charge in [0, 0.05) is 0 Å². The lowest BCUT2D eigenvalue weighted by Gasteiger charge is -2.16. The van der Waals surface area contributed by atoms with Crippen LogP contribution >= 0.6 is 0 Å². The van der Waals surface area contributed by atoms with Crippen LogP contribution in [0.15, 0.2) is 40.3 Å². The summed E-state index contributed by atoms with van der Waals surface area (Å²) in [5.74, 6) is -0.663. The summed E-state index contributed by atoms with van der Waals surface area (Å²) in [6, 6.07) is 9.13. The molecule has 0 bridgehead atoms. The minimum Gasteiger partial charge on any atom is -0.443 e. The summed E-state index contributed by atoms with van der Waals surface area (Å²) in [6.07, 6.45) is 0. The molecule has 11 heteroatoms. The van der Waals surface area contributed by atoms with Gasteiger partial charge in [-0.2, -0.15) is 9.97 Å². The molecule has 29 heavy (non-hydrogen) atoms. The van der Waals surface area contributed by atoms with E-state index in [0.29, 0.717) is 0 Å². The van der Waals surface area contributed by atoms with E-state index in [9.17, 15) is 18.4 Å². The van der Waals surface area contributed by atoms with E-state index in [2.05, 4.69) is 9.97 Å². The smallest absolute Gasteiger partial charge is 0.333 e. The number of aromatic nitrogens is 4. The van der Waals surface area contributed by atoms with E-state index in [0.717, 1.165) is 10.1 Å². The molecule has 3 N–H and O–H groups in total. The average molecular weight is 419 g/mol. The van der Waals surface area contributed by atoms with Crippen LogP contribution in [0, 0.1) is 5.41 Å². The van der Waals surface area contributed by atoms with Crippen molar-refractivity contribution < 1.29 is 18.3 Å². The molecule has 1 aromatic carbocycles. The van der Waals surface area contributed by atoms with E-state index in [1.807, 2.05) is 30.3 Å². The number of anilines is 1. The Morgan fingerprint density at radius 1 is 1.21 bits per heavy atom. The summed E-state index contributed by atoms with van der Waals surface area (Å²) in [5.41, 5.74) is 5.68.